The Morgan fingerprint density at radius 3 is 1.69 bits per heavy atom. The van der Waals surface area contributed by atoms with Crippen molar-refractivity contribution < 1.29 is 62.4 Å². The summed E-state index contributed by atoms with van der Waals surface area (Å²) in [5.41, 5.74) is -2.17. The third-order valence-electron chi connectivity index (χ3n) is 7.84. The zero-order valence-corrected chi connectivity index (χ0v) is 36.2. The van der Waals surface area contributed by atoms with E-state index in [2.05, 4.69) is 56.6 Å². The van der Waals surface area contributed by atoms with Gasteiger partial charge in [0.15, 0.2) is 0 Å². The summed E-state index contributed by atoms with van der Waals surface area (Å²) in [6.45, 7) is 15.7. The summed E-state index contributed by atoms with van der Waals surface area (Å²) in [4.78, 5) is 77.8. The Balaban J connectivity index is 0.000000694. The first-order valence-electron chi connectivity index (χ1n) is 16.6. The monoisotopic (exact) mass is 896 g/mol. The summed E-state index contributed by atoms with van der Waals surface area (Å²) >= 11 is 3.38. The van der Waals surface area contributed by atoms with Gasteiger partial charge in [0.25, 0.3) is 11.1 Å². The summed E-state index contributed by atoms with van der Waals surface area (Å²) in [5.74, 6) is 1.48. The first-order chi connectivity index (χ1) is 23.4. The maximum Gasteiger partial charge on any atom is 1.00 e. The van der Waals surface area contributed by atoms with Crippen molar-refractivity contribution in [1.82, 2.24) is 24.4 Å². The van der Waals surface area contributed by atoms with E-state index >= 15 is 0 Å². The largest absolute Gasteiger partial charge is 1.00 e. The average molecular weight is 898 g/mol. The van der Waals surface area contributed by atoms with Crippen LogP contribution in [0.25, 0.3) is 22.2 Å². The Morgan fingerprint density at radius 2 is 1.27 bits per heavy atom. The van der Waals surface area contributed by atoms with E-state index in [9.17, 15) is 28.8 Å². The predicted octanol–water partition coefficient (Wildman–Crippen LogP) is -1.98. The van der Waals surface area contributed by atoms with Gasteiger partial charge in [-0.1, -0.05) is 50.5 Å². The summed E-state index contributed by atoms with van der Waals surface area (Å²) < 4.78 is 11.2. The van der Waals surface area contributed by atoms with Crippen LogP contribution >= 0.6 is 15.9 Å². The van der Waals surface area contributed by atoms with E-state index in [1.165, 1.54) is 61.4 Å². The Morgan fingerprint density at radius 1 is 0.804 bits per heavy atom. The van der Waals surface area contributed by atoms with Gasteiger partial charge < -0.3 is 37.7 Å². The molecule has 2 saturated carbocycles. The second-order valence-electron chi connectivity index (χ2n) is 11.4. The van der Waals surface area contributed by atoms with Crippen molar-refractivity contribution in [3.63, 3.8) is 0 Å². The number of H-pyrrole nitrogens is 3. The molecule has 2 fully saturated rings. The van der Waals surface area contributed by atoms with E-state index in [4.69, 9.17) is 14.1 Å². The standard InChI is InChI=1S/C13H14N2O4.C9H8N2O4.C6H15N.C4H7Br.C2H3N.HI.Na/c1-2-8-5-9(16)19-12-10(8)11(17)14-13(18)15(12)6-7-3-4-7;1-2-4-3-5(12)15-8-6(4)7(13)10-9(14)11-8;1-4-7(5-2)6-3;5-3-4-1-2-4;1-2-3;;/h5,7H,2-4,6H2,1H3,(H,14,17,18);3H,2H2,1H3,(H2,10,11,13,14);4-6H2,1-3H3;4H,1-3H2;1H3;1H;/q;;;;;;+1/p-1. The Hall–Kier alpha value is -2.56. The van der Waals surface area contributed by atoms with Crippen molar-refractivity contribution in [3.05, 3.63) is 85.8 Å². The maximum atomic E-state index is 11.9. The van der Waals surface area contributed by atoms with Crippen LogP contribution in [0.3, 0.4) is 0 Å². The molecule has 2 aliphatic carbocycles. The van der Waals surface area contributed by atoms with Gasteiger partial charge in [-0.2, -0.15) is 5.26 Å². The van der Waals surface area contributed by atoms with Crippen molar-refractivity contribution in [2.75, 3.05) is 25.0 Å². The maximum absolute atomic E-state index is 11.9. The van der Waals surface area contributed by atoms with Gasteiger partial charge in [-0.3, -0.25) is 29.1 Å². The minimum Gasteiger partial charge on any atom is -1.00 e. The number of hydrogen-bond donors (Lipinski definition) is 3. The van der Waals surface area contributed by atoms with E-state index in [1.807, 2.05) is 6.92 Å². The average Bonchev–Trinajstić information content (AvgIpc) is 4.00. The zero-order chi connectivity index (χ0) is 36.7. The molecule has 6 rings (SSSR count). The minimum atomic E-state index is -0.691. The molecular weight excluding hydrogens is 850 g/mol. The Kier molecular flexibility index (Phi) is 23.4. The van der Waals surface area contributed by atoms with Gasteiger partial charge in [-0.05, 0) is 81.1 Å². The predicted molar refractivity (Wildman–Crippen MR) is 194 cm³/mol. The number of alkyl halides is 1. The van der Waals surface area contributed by atoms with E-state index in [0.29, 0.717) is 41.8 Å². The SMILES string of the molecule is BrCC1CC1.CC#N.CCN(CC)CC.CCc1cc(=O)oc2[nH]c(=O)[nH]c(=O)c12.CCc1cc(=O)oc2c1c(=O)[nH]c(=O)n2CC1CC1.[I-].[Na+]. The van der Waals surface area contributed by atoms with Gasteiger partial charge in [0.2, 0.25) is 11.4 Å². The first-order valence-corrected chi connectivity index (χ1v) is 17.7. The van der Waals surface area contributed by atoms with E-state index in [0.717, 1.165) is 18.8 Å². The second kappa shape index (κ2) is 24.6. The summed E-state index contributed by atoms with van der Waals surface area (Å²) in [5, 5.41) is 9.08. The normalized spacial score (nSPS) is 12.6. The van der Waals surface area contributed by atoms with Crippen molar-refractivity contribution >= 4 is 38.1 Å². The number of aromatic nitrogens is 4. The molecule has 2 aliphatic rings. The van der Waals surface area contributed by atoms with E-state index in [1.54, 1.807) is 13.0 Å². The number of hydrogen-bond acceptors (Lipinski definition) is 10. The number of nitriles is 1. The van der Waals surface area contributed by atoms with Gasteiger partial charge >= 0.3 is 52.2 Å². The molecule has 0 amide bonds. The smallest absolute Gasteiger partial charge is 1.00 e. The van der Waals surface area contributed by atoms with Crippen LogP contribution in [0.1, 0.15) is 78.4 Å². The van der Waals surface area contributed by atoms with Gasteiger partial charge in [-0.15, -0.1) is 0 Å². The molecule has 4 aromatic heterocycles. The molecule has 0 spiro atoms. The fraction of sp³-hybridized carbons (Fsp3) is 0.559. The molecule has 17 heteroatoms. The van der Waals surface area contributed by atoms with Crippen LogP contribution in [0.4, 0.5) is 0 Å². The van der Waals surface area contributed by atoms with Crippen LogP contribution in [0.15, 0.2) is 49.7 Å². The number of halogens is 2. The molecule has 0 unspecified atom stereocenters. The molecule has 0 bridgehead atoms. The third kappa shape index (κ3) is 15.5. The quantitative estimate of drug-likeness (QED) is 0.101. The van der Waals surface area contributed by atoms with Gasteiger partial charge in [0.05, 0.1) is 6.07 Å². The summed E-state index contributed by atoms with van der Waals surface area (Å²) in [6.07, 6.45) is 6.09. The number of nitrogens with one attached hydrogen (secondary N) is 3. The minimum absolute atomic E-state index is 0. The molecule has 14 nitrogen and oxygen atoms in total. The Bertz CT molecular complexity index is 2060. The molecule has 0 aliphatic heterocycles. The van der Waals surface area contributed by atoms with Crippen LogP contribution in [0.2, 0.25) is 0 Å². The van der Waals surface area contributed by atoms with Gasteiger partial charge in [-0.25, -0.2) is 19.2 Å². The molecule has 0 radical (unpaired) electrons. The number of fused-ring (bicyclic) bond motifs is 2. The number of aromatic amines is 3. The third-order valence-corrected chi connectivity index (χ3v) is 8.76. The summed E-state index contributed by atoms with van der Waals surface area (Å²) in [7, 11) is 0. The summed E-state index contributed by atoms with van der Waals surface area (Å²) in [6, 6.07) is 4.30. The topological polar surface area (TPSA) is 208 Å². The Labute approximate surface area is 342 Å². The van der Waals surface area contributed by atoms with Crippen LogP contribution in [0.5, 0.6) is 0 Å². The van der Waals surface area contributed by atoms with Crippen molar-refractivity contribution in [3.8, 4) is 6.07 Å². The van der Waals surface area contributed by atoms with Gasteiger partial charge in [0.1, 0.15) is 10.8 Å². The van der Waals surface area contributed by atoms with Crippen molar-refractivity contribution in [2.45, 2.75) is 86.6 Å². The van der Waals surface area contributed by atoms with Crippen molar-refractivity contribution in [1.29, 1.82) is 5.26 Å². The number of aryl methyl sites for hydroxylation is 2. The second-order valence-corrected chi connectivity index (χ2v) is 12.1. The molecule has 4 heterocycles. The van der Waals surface area contributed by atoms with E-state index < -0.39 is 33.7 Å². The molecule has 51 heavy (non-hydrogen) atoms. The molecule has 0 aromatic carbocycles. The van der Waals surface area contributed by atoms with Crippen LogP contribution < -0.4 is 87.3 Å². The number of rotatable bonds is 8. The van der Waals surface area contributed by atoms with E-state index in [-0.39, 0.29) is 70.3 Å². The number of nitrogens with zero attached hydrogens (tertiary/aromatic N) is 3. The first kappa shape index (κ1) is 48.4. The van der Waals surface area contributed by atoms with Crippen LogP contribution in [0, 0.1) is 23.2 Å². The molecule has 3 N–H and O–H groups in total. The van der Waals surface area contributed by atoms with Gasteiger partial charge in [0, 0.05) is 30.9 Å². The van der Waals surface area contributed by atoms with Crippen molar-refractivity contribution in [2.24, 2.45) is 11.8 Å². The fourth-order valence-electron chi connectivity index (χ4n) is 4.68. The molecule has 0 atom stereocenters. The molecule has 276 valence electrons. The molecule has 0 saturated heterocycles. The zero-order valence-electron chi connectivity index (χ0n) is 30.5. The fourth-order valence-corrected chi connectivity index (χ4v) is 5.33. The molecule has 4 aromatic rings. The molecular formula is C34H47BrIN6NaO8. The van der Waals surface area contributed by atoms with Crippen LogP contribution in [-0.2, 0) is 19.4 Å². The van der Waals surface area contributed by atoms with Crippen LogP contribution in [-0.4, -0.2) is 49.4 Å².